The zero-order valence-corrected chi connectivity index (χ0v) is 11.4. The highest BCUT2D eigenvalue weighted by molar-refractivity contribution is 7.99. The van der Waals surface area contributed by atoms with Gasteiger partial charge in [0.2, 0.25) is 0 Å². The Morgan fingerprint density at radius 3 is 3.06 bits per heavy atom. The molecule has 1 atom stereocenters. The number of rotatable bonds is 3. The van der Waals surface area contributed by atoms with Crippen LogP contribution in [0.15, 0.2) is 10.9 Å². The Bertz CT molecular complexity index is 438. The number of hydrogen-bond donors (Lipinski definition) is 1. The lowest BCUT2D eigenvalue weighted by Crippen LogP contribution is -2.47. The fraction of sp³-hybridized carbons (Fsp3) is 0.500. The lowest BCUT2D eigenvalue weighted by atomic mass is 10.3. The molecule has 1 aromatic rings. The summed E-state index contributed by atoms with van der Waals surface area (Å²) in [6.07, 6.45) is 0. The molecular weight excluding hydrogens is 274 g/mol. The molecule has 2 amide bonds. The summed E-state index contributed by atoms with van der Waals surface area (Å²) in [5, 5.41) is 10.9. The van der Waals surface area contributed by atoms with Crippen molar-refractivity contribution in [2.75, 3.05) is 18.7 Å². The third-order valence-corrected chi connectivity index (χ3v) is 4.27. The van der Waals surface area contributed by atoms with Gasteiger partial charge in [-0.25, -0.2) is 14.6 Å². The first-order chi connectivity index (χ1) is 8.59. The van der Waals surface area contributed by atoms with E-state index in [9.17, 15) is 9.59 Å². The van der Waals surface area contributed by atoms with Gasteiger partial charge in [0.1, 0.15) is 6.04 Å². The van der Waals surface area contributed by atoms with Crippen LogP contribution < -0.4 is 0 Å². The molecule has 2 heterocycles. The number of thioether (sulfide) groups is 1. The number of hydrogen-bond acceptors (Lipinski definition) is 5. The van der Waals surface area contributed by atoms with E-state index in [0.717, 1.165) is 5.69 Å². The summed E-state index contributed by atoms with van der Waals surface area (Å²) >= 11 is 2.93. The van der Waals surface area contributed by atoms with Gasteiger partial charge in [0.25, 0.3) is 0 Å². The minimum atomic E-state index is -0.949. The first-order valence-electron chi connectivity index (χ1n) is 5.29. The number of aromatic nitrogens is 1. The van der Waals surface area contributed by atoms with Gasteiger partial charge in [-0.2, -0.15) is 0 Å². The molecule has 0 aliphatic carbocycles. The van der Waals surface area contributed by atoms with Crippen LogP contribution in [0.5, 0.6) is 0 Å². The van der Waals surface area contributed by atoms with Crippen molar-refractivity contribution in [3.63, 3.8) is 0 Å². The van der Waals surface area contributed by atoms with E-state index < -0.39 is 12.0 Å². The van der Waals surface area contributed by atoms with Crippen molar-refractivity contribution in [1.82, 2.24) is 14.8 Å². The van der Waals surface area contributed by atoms with Crippen molar-refractivity contribution in [3.05, 3.63) is 16.6 Å². The molecule has 1 aliphatic rings. The number of nitrogens with zero attached hydrogens (tertiary/aromatic N) is 3. The van der Waals surface area contributed by atoms with E-state index >= 15 is 0 Å². The zero-order valence-electron chi connectivity index (χ0n) is 9.78. The first-order valence-corrected chi connectivity index (χ1v) is 7.38. The number of urea groups is 1. The third kappa shape index (κ3) is 2.75. The van der Waals surface area contributed by atoms with Gasteiger partial charge in [-0.3, -0.25) is 0 Å². The topological polar surface area (TPSA) is 73.7 Å². The maximum absolute atomic E-state index is 12.1. The van der Waals surface area contributed by atoms with Gasteiger partial charge in [0, 0.05) is 18.2 Å². The van der Waals surface area contributed by atoms with Crippen molar-refractivity contribution in [3.8, 4) is 0 Å². The Morgan fingerprint density at radius 2 is 2.44 bits per heavy atom. The Labute approximate surface area is 113 Å². The Morgan fingerprint density at radius 1 is 1.67 bits per heavy atom. The molecule has 8 heteroatoms. The second kappa shape index (κ2) is 5.57. The van der Waals surface area contributed by atoms with Crippen LogP contribution in [0.25, 0.3) is 0 Å². The summed E-state index contributed by atoms with van der Waals surface area (Å²) in [5.74, 6) is -0.0709. The molecular formula is C10H13N3O3S2. The van der Waals surface area contributed by atoms with Crippen LogP contribution in [0.1, 0.15) is 5.69 Å². The van der Waals surface area contributed by atoms with Crippen molar-refractivity contribution in [1.29, 1.82) is 0 Å². The average Bonchev–Trinajstić information content (AvgIpc) is 2.97. The SMILES string of the molecule is CN(Cc1cscn1)C(=O)N1CSCC1C(=O)O. The van der Waals surface area contributed by atoms with Crippen molar-refractivity contribution in [2.45, 2.75) is 12.6 Å². The van der Waals surface area contributed by atoms with Crippen LogP contribution in [0, 0.1) is 0 Å². The molecule has 0 saturated carbocycles. The van der Waals surface area contributed by atoms with E-state index in [1.165, 1.54) is 32.9 Å². The monoisotopic (exact) mass is 287 g/mol. The fourth-order valence-corrected chi connectivity index (χ4v) is 3.37. The fourth-order valence-electron chi connectivity index (χ4n) is 1.68. The molecule has 1 N–H and O–H groups in total. The minimum absolute atomic E-state index is 0.264. The predicted molar refractivity (Wildman–Crippen MR) is 69.6 cm³/mol. The van der Waals surface area contributed by atoms with Gasteiger partial charge in [-0.15, -0.1) is 23.1 Å². The number of amides is 2. The van der Waals surface area contributed by atoms with Crippen molar-refractivity contribution in [2.24, 2.45) is 0 Å². The lowest BCUT2D eigenvalue weighted by molar-refractivity contribution is -0.140. The maximum atomic E-state index is 12.1. The standard InChI is InChI=1S/C10H13N3O3S2/c1-12(2-7-3-17-5-11-7)10(16)13-6-18-4-8(13)9(14)15/h3,5,8H,2,4,6H2,1H3,(H,14,15). The van der Waals surface area contributed by atoms with Gasteiger partial charge in [-0.1, -0.05) is 0 Å². The van der Waals surface area contributed by atoms with Crippen LogP contribution in [0.3, 0.4) is 0 Å². The molecule has 1 fully saturated rings. The Kier molecular flexibility index (Phi) is 4.07. The number of aliphatic carboxylic acids is 1. The summed E-state index contributed by atoms with van der Waals surface area (Å²) in [7, 11) is 1.66. The first kappa shape index (κ1) is 13.2. The van der Waals surface area contributed by atoms with Crippen LogP contribution in [-0.4, -0.2) is 56.6 Å². The van der Waals surface area contributed by atoms with Gasteiger partial charge in [0.05, 0.1) is 23.6 Å². The average molecular weight is 287 g/mol. The molecule has 0 radical (unpaired) electrons. The number of carbonyl (C=O) groups excluding carboxylic acids is 1. The van der Waals surface area contributed by atoms with E-state index in [1.54, 1.807) is 12.6 Å². The number of carboxylic acid groups (broad SMARTS) is 1. The number of thiazole rings is 1. The molecule has 18 heavy (non-hydrogen) atoms. The highest BCUT2D eigenvalue weighted by atomic mass is 32.2. The van der Waals surface area contributed by atoms with E-state index in [-0.39, 0.29) is 6.03 Å². The predicted octanol–water partition coefficient (Wildman–Crippen LogP) is 1.15. The quantitative estimate of drug-likeness (QED) is 0.903. The molecule has 1 saturated heterocycles. The summed E-state index contributed by atoms with van der Waals surface area (Å²) < 4.78 is 0. The Hall–Kier alpha value is -1.28. The highest BCUT2D eigenvalue weighted by Crippen LogP contribution is 2.22. The molecule has 98 valence electrons. The van der Waals surface area contributed by atoms with E-state index in [4.69, 9.17) is 5.11 Å². The smallest absolute Gasteiger partial charge is 0.327 e. The molecule has 0 spiro atoms. The molecule has 0 bridgehead atoms. The van der Waals surface area contributed by atoms with Gasteiger partial charge in [-0.05, 0) is 0 Å². The van der Waals surface area contributed by atoms with Crippen LogP contribution in [-0.2, 0) is 11.3 Å². The van der Waals surface area contributed by atoms with Crippen molar-refractivity contribution >= 4 is 35.1 Å². The molecule has 1 aromatic heterocycles. The number of carboxylic acids is 1. The van der Waals surface area contributed by atoms with E-state index in [1.807, 2.05) is 5.38 Å². The van der Waals surface area contributed by atoms with Gasteiger partial charge < -0.3 is 14.9 Å². The summed E-state index contributed by atoms with van der Waals surface area (Å²) in [6.45, 7) is 0.399. The lowest BCUT2D eigenvalue weighted by Gasteiger charge is -2.26. The number of carbonyl (C=O) groups is 2. The van der Waals surface area contributed by atoms with Gasteiger partial charge >= 0.3 is 12.0 Å². The maximum Gasteiger partial charge on any atom is 0.327 e. The Balaban J connectivity index is 1.99. The molecule has 1 aliphatic heterocycles. The molecule has 1 unspecified atom stereocenters. The summed E-state index contributed by atoms with van der Waals surface area (Å²) in [5.41, 5.74) is 2.52. The molecule has 0 aromatic carbocycles. The zero-order chi connectivity index (χ0) is 13.1. The third-order valence-electron chi connectivity index (χ3n) is 2.62. The van der Waals surface area contributed by atoms with Gasteiger partial charge in [0.15, 0.2) is 0 Å². The van der Waals surface area contributed by atoms with Crippen molar-refractivity contribution < 1.29 is 14.7 Å². The normalized spacial score (nSPS) is 18.9. The highest BCUT2D eigenvalue weighted by Gasteiger charge is 2.35. The minimum Gasteiger partial charge on any atom is -0.480 e. The van der Waals surface area contributed by atoms with Crippen LogP contribution in [0.4, 0.5) is 4.79 Å². The van der Waals surface area contributed by atoms with Crippen LogP contribution >= 0.6 is 23.1 Å². The molecule has 2 rings (SSSR count). The van der Waals surface area contributed by atoms with E-state index in [0.29, 0.717) is 18.2 Å². The summed E-state index contributed by atoms with van der Waals surface area (Å²) in [4.78, 5) is 30.1. The largest absolute Gasteiger partial charge is 0.480 e. The second-order valence-corrected chi connectivity index (χ2v) is 5.66. The second-order valence-electron chi connectivity index (χ2n) is 3.94. The molecule has 6 nitrogen and oxygen atoms in total. The van der Waals surface area contributed by atoms with E-state index in [2.05, 4.69) is 4.98 Å². The summed E-state index contributed by atoms with van der Waals surface area (Å²) in [6, 6.07) is -0.985. The van der Waals surface area contributed by atoms with Crippen LogP contribution in [0.2, 0.25) is 0 Å².